The predicted molar refractivity (Wildman–Crippen MR) is 132 cm³/mol. The van der Waals surface area contributed by atoms with E-state index in [9.17, 15) is 19.5 Å². The van der Waals surface area contributed by atoms with E-state index in [0.717, 1.165) is 21.7 Å². The number of benzene rings is 1. The van der Waals surface area contributed by atoms with Crippen molar-refractivity contribution in [1.29, 1.82) is 0 Å². The van der Waals surface area contributed by atoms with Crippen molar-refractivity contribution in [1.82, 2.24) is 15.2 Å². The Morgan fingerprint density at radius 1 is 1.26 bits per heavy atom. The average molecular weight is 487 g/mol. The molecule has 4 N–H and O–H groups in total. The summed E-state index contributed by atoms with van der Waals surface area (Å²) in [5, 5.41) is 13.1. The molecule has 3 rings (SSSR count). The van der Waals surface area contributed by atoms with Gasteiger partial charge in [-0.05, 0) is 23.5 Å². The Balaban J connectivity index is 1.67. The first-order valence-electron chi connectivity index (χ1n) is 11.5. The quantitative estimate of drug-likeness (QED) is 0.526. The largest absolute Gasteiger partial charge is 0.391 e. The van der Waals surface area contributed by atoms with Crippen LogP contribution in [0.15, 0.2) is 29.8 Å². The second-order valence-corrected chi connectivity index (χ2v) is 10.8. The Labute approximate surface area is 204 Å². The first-order valence-corrected chi connectivity index (χ1v) is 12.4. The molecule has 9 heteroatoms. The molecule has 8 nitrogen and oxygen atoms in total. The Morgan fingerprint density at radius 2 is 1.94 bits per heavy atom. The lowest BCUT2D eigenvalue weighted by atomic mass is 9.76. The molecule has 3 atom stereocenters. The number of aliphatic hydroxyl groups excluding tert-OH is 1. The van der Waals surface area contributed by atoms with Gasteiger partial charge in [0.2, 0.25) is 11.8 Å². The van der Waals surface area contributed by atoms with Crippen LogP contribution in [0, 0.1) is 18.3 Å². The lowest BCUT2D eigenvalue weighted by Gasteiger charge is -2.34. The number of hydrogen-bond donors (Lipinski definition) is 3. The van der Waals surface area contributed by atoms with Crippen molar-refractivity contribution < 1.29 is 19.5 Å². The Bertz CT molecular complexity index is 1030. The number of nitrogens with two attached hydrogens (primary N) is 1. The molecule has 2 heterocycles. The number of β-amino-alcohol motifs (C(OH)–C–C–N with tert-alkyl or cyclic N) is 1. The summed E-state index contributed by atoms with van der Waals surface area (Å²) in [4.78, 5) is 45.3. The van der Waals surface area contributed by atoms with E-state index < -0.39 is 23.5 Å². The number of likely N-dealkylation sites (tertiary alicyclic amines) is 1. The van der Waals surface area contributed by atoms with Gasteiger partial charge in [-0.15, -0.1) is 11.3 Å². The van der Waals surface area contributed by atoms with E-state index in [-0.39, 0.29) is 43.5 Å². The number of ketones is 1. The van der Waals surface area contributed by atoms with Crippen LogP contribution >= 0.6 is 11.3 Å². The molecule has 1 aliphatic rings. The zero-order valence-electron chi connectivity index (χ0n) is 20.2. The fraction of sp³-hybridized carbons (Fsp3) is 0.520. The SMILES string of the molecule is Cc1ncsc1-c1ccc(CNC(=O)[C@H]2C[C@H](O)CN2C(=O)[C@@H](CC(=O)CN)C(C)(C)C)cc1. The van der Waals surface area contributed by atoms with Crippen molar-refractivity contribution in [3.05, 3.63) is 41.0 Å². The van der Waals surface area contributed by atoms with Crippen molar-refractivity contribution in [3.63, 3.8) is 0 Å². The van der Waals surface area contributed by atoms with E-state index in [2.05, 4.69) is 10.3 Å². The monoisotopic (exact) mass is 486 g/mol. The average Bonchev–Trinajstić information content (AvgIpc) is 3.40. The number of carbonyl (C=O) groups excluding carboxylic acids is 3. The van der Waals surface area contributed by atoms with Gasteiger partial charge in [-0.2, -0.15) is 0 Å². The van der Waals surface area contributed by atoms with Gasteiger partial charge >= 0.3 is 0 Å². The van der Waals surface area contributed by atoms with Gasteiger partial charge in [0.15, 0.2) is 0 Å². The molecule has 0 aliphatic carbocycles. The molecule has 0 unspecified atom stereocenters. The van der Waals surface area contributed by atoms with Crippen LogP contribution < -0.4 is 11.1 Å². The molecule has 1 aromatic carbocycles. The smallest absolute Gasteiger partial charge is 0.243 e. The van der Waals surface area contributed by atoms with Crippen LogP contribution in [-0.4, -0.2) is 57.8 Å². The van der Waals surface area contributed by atoms with E-state index in [4.69, 9.17) is 5.73 Å². The van der Waals surface area contributed by atoms with Crippen molar-refractivity contribution in [2.75, 3.05) is 13.1 Å². The summed E-state index contributed by atoms with van der Waals surface area (Å²) in [5.74, 6) is -1.43. The van der Waals surface area contributed by atoms with Gasteiger partial charge in [-0.3, -0.25) is 14.4 Å². The van der Waals surface area contributed by atoms with Gasteiger partial charge in [0.05, 0.1) is 28.7 Å². The summed E-state index contributed by atoms with van der Waals surface area (Å²) < 4.78 is 0. The van der Waals surface area contributed by atoms with Crippen LogP contribution in [0.4, 0.5) is 0 Å². The maximum absolute atomic E-state index is 13.4. The Kier molecular flexibility index (Phi) is 8.22. The van der Waals surface area contributed by atoms with Gasteiger partial charge < -0.3 is 21.1 Å². The molecule has 1 fully saturated rings. The van der Waals surface area contributed by atoms with Gasteiger partial charge in [0.1, 0.15) is 11.8 Å². The number of Topliss-reactive ketones (excluding diaryl/α,β-unsaturated/α-hetero) is 1. The number of aliphatic hydroxyl groups is 1. The minimum Gasteiger partial charge on any atom is -0.391 e. The number of thiazole rings is 1. The summed E-state index contributed by atoms with van der Waals surface area (Å²) in [6, 6.07) is 7.13. The van der Waals surface area contributed by atoms with Gasteiger partial charge in [0.25, 0.3) is 0 Å². The molecule has 1 saturated heterocycles. The highest BCUT2D eigenvalue weighted by Gasteiger charge is 2.44. The highest BCUT2D eigenvalue weighted by molar-refractivity contribution is 7.13. The lowest BCUT2D eigenvalue weighted by Crippen LogP contribution is -2.50. The van der Waals surface area contributed by atoms with E-state index in [1.165, 1.54) is 4.90 Å². The highest BCUT2D eigenvalue weighted by Crippen LogP contribution is 2.33. The number of rotatable bonds is 8. The molecular weight excluding hydrogens is 452 g/mol. The zero-order chi connectivity index (χ0) is 25.0. The molecule has 0 bridgehead atoms. The molecule has 0 spiro atoms. The number of amides is 2. The first kappa shape index (κ1) is 26.0. The molecular formula is C25H34N4O4S. The molecule has 34 heavy (non-hydrogen) atoms. The predicted octanol–water partition coefficient (Wildman–Crippen LogP) is 2.28. The lowest BCUT2D eigenvalue weighted by molar-refractivity contribution is -0.146. The molecule has 1 aliphatic heterocycles. The van der Waals surface area contributed by atoms with Crippen LogP contribution in [0.1, 0.15) is 44.9 Å². The van der Waals surface area contributed by atoms with E-state index in [1.54, 1.807) is 11.3 Å². The minimum atomic E-state index is -0.785. The number of aryl methyl sites for hydroxylation is 1. The van der Waals surface area contributed by atoms with Crippen LogP contribution in [0.3, 0.4) is 0 Å². The Morgan fingerprint density at radius 3 is 2.50 bits per heavy atom. The Hall–Kier alpha value is -2.62. The van der Waals surface area contributed by atoms with Crippen LogP contribution in [0.2, 0.25) is 0 Å². The number of carbonyl (C=O) groups is 3. The molecule has 0 radical (unpaired) electrons. The number of nitrogens with zero attached hydrogens (tertiary/aromatic N) is 2. The van der Waals surface area contributed by atoms with Crippen molar-refractivity contribution in [2.45, 2.75) is 59.2 Å². The first-order chi connectivity index (χ1) is 16.0. The molecule has 0 saturated carbocycles. The maximum Gasteiger partial charge on any atom is 0.243 e. The summed E-state index contributed by atoms with van der Waals surface area (Å²) in [6.45, 7) is 7.88. The van der Waals surface area contributed by atoms with Gasteiger partial charge in [0, 0.05) is 31.8 Å². The van der Waals surface area contributed by atoms with Crippen LogP contribution in [-0.2, 0) is 20.9 Å². The summed E-state index contributed by atoms with van der Waals surface area (Å²) in [6.07, 6.45) is -0.596. The number of nitrogens with one attached hydrogen (secondary N) is 1. The highest BCUT2D eigenvalue weighted by atomic mass is 32.1. The van der Waals surface area contributed by atoms with E-state index in [0.29, 0.717) is 6.54 Å². The normalized spacial score (nSPS) is 19.2. The summed E-state index contributed by atoms with van der Waals surface area (Å²) in [7, 11) is 0. The maximum atomic E-state index is 13.4. The fourth-order valence-corrected chi connectivity index (χ4v) is 5.05. The standard InChI is InChI=1S/C25H34N4O4S/c1-15-22(34-14-28-15)17-7-5-16(6-8-17)12-27-23(32)21-10-19(31)13-29(21)24(33)20(25(2,3)4)9-18(30)11-26/h5-8,14,19-21,31H,9-13,26H2,1-4H3,(H,27,32)/t19-,20+,21+/m0/s1. The molecule has 2 aromatic rings. The third kappa shape index (κ3) is 6.08. The summed E-state index contributed by atoms with van der Waals surface area (Å²) in [5.41, 5.74) is 9.78. The van der Waals surface area contributed by atoms with Crippen molar-refractivity contribution >= 4 is 28.9 Å². The molecule has 2 amide bonds. The van der Waals surface area contributed by atoms with E-state index in [1.807, 2.05) is 57.5 Å². The topological polar surface area (TPSA) is 126 Å². The second-order valence-electron chi connectivity index (χ2n) is 9.94. The van der Waals surface area contributed by atoms with Crippen molar-refractivity contribution in [2.24, 2.45) is 17.1 Å². The number of hydrogen-bond acceptors (Lipinski definition) is 7. The zero-order valence-corrected chi connectivity index (χ0v) is 21.0. The third-order valence-corrected chi connectivity index (χ3v) is 7.27. The second kappa shape index (κ2) is 10.8. The van der Waals surface area contributed by atoms with E-state index >= 15 is 0 Å². The minimum absolute atomic E-state index is 0.0192. The van der Waals surface area contributed by atoms with Gasteiger partial charge in [-0.1, -0.05) is 45.0 Å². The van der Waals surface area contributed by atoms with Crippen LogP contribution in [0.25, 0.3) is 10.4 Å². The van der Waals surface area contributed by atoms with Crippen LogP contribution in [0.5, 0.6) is 0 Å². The van der Waals surface area contributed by atoms with Gasteiger partial charge in [-0.25, -0.2) is 4.98 Å². The molecule has 184 valence electrons. The molecule has 1 aromatic heterocycles. The van der Waals surface area contributed by atoms with Crippen molar-refractivity contribution in [3.8, 4) is 10.4 Å². The summed E-state index contributed by atoms with van der Waals surface area (Å²) >= 11 is 1.59. The third-order valence-electron chi connectivity index (χ3n) is 6.30. The fourth-order valence-electron chi connectivity index (χ4n) is 4.24. The number of aromatic nitrogens is 1.